The average molecular weight is 330 g/mol. The quantitative estimate of drug-likeness (QED) is 0.733. The van der Waals surface area contributed by atoms with Gasteiger partial charge in [0.15, 0.2) is 0 Å². The number of rotatable bonds is 6. The zero-order valence-corrected chi connectivity index (χ0v) is 12.2. The summed E-state index contributed by atoms with van der Waals surface area (Å²) < 4.78 is 26.6. The number of carboxylic acids is 1. The first-order valence-electron chi connectivity index (χ1n) is 5.87. The van der Waals surface area contributed by atoms with E-state index in [0.29, 0.717) is 5.69 Å². The standard InChI is InChI=1S/C12H12ClN3O4S/c13-9-3-1-2-4-11(9)21(19,20)16-10(12(17)18)5-8-6-14-7-15-8/h1-4,6-7,10,16H,5H2,(H,14,15)(H,17,18). The molecule has 0 fully saturated rings. The number of imidazole rings is 1. The molecule has 0 amide bonds. The van der Waals surface area contributed by atoms with Crippen LogP contribution < -0.4 is 4.72 Å². The van der Waals surface area contributed by atoms with Crippen molar-refractivity contribution in [1.29, 1.82) is 0 Å². The first kappa shape index (κ1) is 15.5. The Morgan fingerprint density at radius 2 is 2.14 bits per heavy atom. The number of nitrogens with one attached hydrogen (secondary N) is 2. The molecule has 112 valence electrons. The Kier molecular flexibility index (Phi) is 4.61. The number of H-pyrrole nitrogens is 1. The highest BCUT2D eigenvalue weighted by molar-refractivity contribution is 7.89. The second-order valence-electron chi connectivity index (χ2n) is 4.22. The normalized spacial score (nSPS) is 13.0. The third-order valence-electron chi connectivity index (χ3n) is 2.70. The SMILES string of the molecule is O=C(O)C(Cc1cnc[nH]1)NS(=O)(=O)c1ccccc1Cl. The lowest BCUT2D eigenvalue weighted by Gasteiger charge is -2.14. The monoisotopic (exact) mass is 329 g/mol. The number of sulfonamides is 1. The average Bonchev–Trinajstić information content (AvgIpc) is 2.91. The second kappa shape index (κ2) is 6.25. The minimum atomic E-state index is -4.04. The fourth-order valence-corrected chi connectivity index (χ4v) is 3.42. The van der Waals surface area contributed by atoms with Crippen LogP contribution in [0.3, 0.4) is 0 Å². The molecule has 1 atom stereocenters. The topological polar surface area (TPSA) is 112 Å². The molecule has 0 aliphatic rings. The predicted molar refractivity (Wildman–Crippen MR) is 75.5 cm³/mol. The number of benzene rings is 1. The van der Waals surface area contributed by atoms with Gasteiger partial charge in [0.2, 0.25) is 10.0 Å². The summed E-state index contributed by atoms with van der Waals surface area (Å²) in [6.45, 7) is 0. The highest BCUT2D eigenvalue weighted by atomic mass is 35.5. The highest BCUT2D eigenvalue weighted by Crippen LogP contribution is 2.20. The van der Waals surface area contributed by atoms with Gasteiger partial charge in [-0.25, -0.2) is 13.4 Å². The van der Waals surface area contributed by atoms with E-state index in [1.165, 1.54) is 30.7 Å². The molecule has 0 radical (unpaired) electrons. The molecule has 3 N–H and O–H groups in total. The van der Waals surface area contributed by atoms with Crippen molar-refractivity contribution in [2.24, 2.45) is 0 Å². The Morgan fingerprint density at radius 3 is 2.71 bits per heavy atom. The molecule has 21 heavy (non-hydrogen) atoms. The summed E-state index contributed by atoms with van der Waals surface area (Å²) in [5, 5.41) is 9.18. The molecule has 2 rings (SSSR count). The van der Waals surface area contributed by atoms with Crippen LogP contribution in [-0.2, 0) is 21.2 Å². The van der Waals surface area contributed by atoms with Crippen molar-refractivity contribution >= 4 is 27.6 Å². The fourth-order valence-electron chi connectivity index (χ4n) is 1.71. The van der Waals surface area contributed by atoms with Crippen LogP contribution in [0.2, 0.25) is 5.02 Å². The van der Waals surface area contributed by atoms with Crippen LogP contribution in [0.15, 0.2) is 41.7 Å². The summed E-state index contributed by atoms with van der Waals surface area (Å²) in [5.74, 6) is -1.29. The van der Waals surface area contributed by atoms with Gasteiger partial charge in [0.05, 0.1) is 11.3 Å². The lowest BCUT2D eigenvalue weighted by atomic mass is 10.2. The number of hydrogen-bond donors (Lipinski definition) is 3. The van der Waals surface area contributed by atoms with E-state index in [2.05, 4.69) is 14.7 Å². The number of aliphatic carboxylic acids is 1. The van der Waals surface area contributed by atoms with Gasteiger partial charge in [-0.05, 0) is 12.1 Å². The van der Waals surface area contributed by atoms with Crippen molar-refractivity contribution < 1.29 is 18.3 Å². The lowest BCUT2D eigenvalue weighted by Crippen LogP contribution is -2.42. The summed E-state index contributed by atoms with van der Waals surface area (Å²) in [6, 6.07) is 4.48. The van der Waals surface area contributed by atoms with Crippen LogP contribution in [0.1, 0.15) is 5.69 Å². The van der Waals surface area contributed by atoms with Gasteiger partial charge in [0.1, 0.15) is 10.9 Å². The maximum absolute atomic E-state index is 12.2. The van der Waals surface area contributed by atoms with E-state index in [0.717, 1.165) is 0 Å². The molecule has 1 aromatic carbocycles. The van der Waals surface area contributed by atoms with Gasteiger partial charge >= 0.3 is 5.97 Å². The molecule has 0 spiro atoms. The van der Waals surface area contributed by atoms with Gasteiger partial charge in [-0.15, -0.1) is 0 Å². The number of carbonyl (C=O) groups is 1. The summed E-state index contributed by atoms with van der Waals surface area (Å²) >= 11 is 5.83. The summed E-state index contributed by atoms with van der Waals surface area (Å²) in [7, 11) is -4.04. The number of halogens is 1. The van der Waals surface area contributed by atoms with E-state index < -0.39 is 22.0 Å². The van der Waals surface area contributed by atoms with Gasteiger partial charge in [0.25, 0.3) is 0 Å². The van der Waals surface area contributed by atoms with Crippen molar-refractivity contribution in [2.45, 2.75) is 17.4 Å². The Morgan fingerprint density at radius 1 is 1.43 bits per heavy atom. The number of aromatic nitrogens is 2. The minimum Gasteiger partial charge on any atom is -0.480 e. The van der Waals surface area contributed by atoms with Crippen molar-refractivity contribution in [3.05, 3.63) is 47.5 Å². The molecule has 0 aliphatic carbocycles. The molecule has 0 saturated carbocycles. The van der Waals surface area contributed by atoms with Gasteiger partial charge in [-0.1, -0.05) is 23.7 Å². The van der Waals surface area contributed by atoms with E-state index in [4.69, 9.17) is 16.7 Å². The molecule has 9 heteroatoms. The lowest BCUT2D eigenvalue weighted by molar-refractivity contribution is -0.138. The van der Waals surface area contributed by atoms with E-state index in [-0.39, 0.29) is 16.3 Å². The number of carboxylic acid groups (broad SMARTS) is 1. The van der Waals surface area contributed by atoms with Gasteiger partial charge in [-0.3, -0.25) is 4.79 Å². The summed E-state index contributed by atoms with van der Waals surface area (Å²) in [6.07, 6.45) is 2.76. The first-order valence-corrected chi connectivity index (χ1v) is 7.73. The van der Waals surface area contributed by atoms with Crippen molar-refractivity contribution in [2.75, 3.05) is 0 Å². The molecule has 7 nitrogen and oxygen atoms in total. The van der Waals surface area contributed by atoms with Crippen molar-refractivity contribution in [1.82, 2.24) is 14.7 Å². The van der Waals surface area contributed by atoms with Crippen LogP contribution in [0.4, 0.5) is 0 Å². The Labute approximate surface area is 126 Å². The van der Waals surface area contributed by atoms with Crippen molar-refractivity contribution in [3.8, 4) is 0 Å². The van der Waals surface area contributed by atoms with Gasteiger partial charge in [-0.2, -0.15) is 4.72 Å². The van der Waals surface area contributed by atoms with Crippen LogP contribution >= 0.6 is 11.6 Å². The van der Waals surface area contributed by atoms with Crippen LogP contribution in [0.5, 0.6) is 0 Å². The molecule has 2 aromatic rings. The number of nitrogens with zero attached hydrogens (tertiary/aromatic N) is 1. The first-order chi connectivity index (χ1) is 9.90. The van der Waals surface area contributed by atoms with Crippen molar-refractivity contribution in [3.63, 3.8) is 0 Å². The number of hydrogen-bond acceptors (Lipinski definition) is 4. The minimum absolute atomic E-state index is 0.0238. The molecule has 1 unspecified atom stereocenters. The molecular formula is C12H12ClN3O4S. The van der Waals surface area contributed by atoms with E-state index in [9.17, 15) is 13.2 Å². The zero-order chi connectivity index (χ0) is 15.5. The maximum Gasteiger partial charge on any atom is 0.322 e. The summed E-state index contributed by atoms with van der Waals surface area (Å²) in [5.41, 5.74) is 0.504. The molecule has 0 aliphatic heterocycles. The summed E-state index contributed by atoms with van der Waals surface area (Å²) in [4.78, 5) is 17.5. The smallest absolute Gasteiger partial charge is 0.322 e. The molecule has 1 heterocycles. The highest BCUT2D eigenvalue weighted by Gasteiger charge is 2.27. The van der Waals surface area contributed by atoms with Crippen LogP contribution in [0, 0.1) is 0 Å². The maximum atomic E-state index is 12.2. The molecular weight excluding hydrogens is 318 g/mol. The fraction of sp³-hybridized carbons (Fsp3) is 0.167. The third kappa shape index (κ3) is 3.81. The van der Waals surface area contributed by atoms with Gasteiger partial charge < -0.3 is 10.1 Å². The molecule has 1 aromatic heterocycles. The number of aromatic amines is 1. The Hall–Kier alpha value is -1.90. The Balaban J connectivity index is 2.24. The van der Waals surface area contributed by atoms with Gasteiger partial charge in [0, 0.05) is 18.3 Å². The second-order valence-corrected chi connectivity index (χ2v) is 6.31. The molecule has 0 bridgehead atoms. The van der Waals surface area contributed by atoms with Crippen LogP contribution in [-0.4, -0.2) is 35.5 Å². The Bertz CT molecular complexity index is 731. The van der Waals surface area contributed by atoms with Crippen LogP contribution in [0.25, 0.3) is 0 Å². The van der Waals surface area contributed by atoms with E-state index >= 15 is 0 Å². The predicted octanol–water partition coefficient (Wildman–Crippen LogP) is 1.04. The van der Waals surface area contributed by atoms with E-state index in [1.54, 1.807) is 6.07 Å². The molecule has 0 saturated heterocycles. The zero-order valence-electron chi connectivity index (χ0n) is 10.7. The third-order valence-corrected chi connectivity index (χ3v) is 4.67. The van der Waals surface area contributed by atoms with E-state index in [1.807, 2.05) is 0 Å². The largest absolute Gasteiger partial charge is 0.480 e.